The van der Waals surface area contributed by atoms with Gasteiger partial charge in [0.05, 0.1) is 0 Å². The van der Waals surface area contributed by atoms with Gasteiger partial charge < -0.3 is 16.0 Å². The zero-order valence-corrected chi connectivity index (χ0v) is 19.4. The van der Waals surface area contributed by atoms with Crippen molar-refractivity contribution in [2.45, 2.75) is 84.7 Å². The molecule has 0 aromatic carbocycles. The van der Waals surface area contributed by atoms with Crippen LogP contribution in [0.2, 0.25) is 0 Å². The van der Waals surface area contributed by atoms with Gasteiger partial charge in [0, 0.05) is 24.5 Å². The number of nitrogens with zero attached hydrogens (tertiary/aromatic N) is 1. The van der Waals surface area contributed by atoms with Gasteiger partial charge in [0.1, 0.15) is 6.04 Å². The van der Waals surface area contributed by atoms with Crippen molar-refractivity contribution in [1.29, 1.82) is 0 Å². The molecular weight excluding hydrogens is 386 g/mol. The van der Waals surface area contributed by atoms with Crippen LogP contribution in [0.25, 0.3) is 0 Å². The van der Waals surface area contributed by atoms with Crippen LogP contribution in [0.4, 0.5) is 0 Å². The van der Waals surface area contributed by atoms with Crippen LogP contribution in [0.5, 0.6) is 0 Å². The SMILES string of the molecule is CC(C)C(NC(=O)C12CC3CC(CC(C3)C1)C2)C(=O)N1CCC(N)C(C)(C)C1.Cl. The molecule has 0 spiro atoms. The third-order valence-electron chi connectivity index (χ3n) is 8.36. The predicted octanol–water partition coefficient (Wildman–Crippen LogP) is 3.35. The van der Waals surface area contributed by atoms with E-state index in [1.165, 1.54) is 19.3 Å². The van der Waals surface area contributed by atoms with Crippen molar-refractivity contribution in [1.82, 2.24) is 10.2 Å². The quantitative estimate of drug-likeness (QED) is 0.725. The number of likely N-dealkylation sites (tertiary alicyclic amines) is 1. The van der Waals surface area contributed by atoms with Gasteiger partial charge in [0.25, 0.3) is 0 Å². The Morgan fingerprint density at radius 3 is 2.00 bits per heavy atom. The summed E-state index contributed by atoms with van der Waals surface area (Å²) in [7, 11) is 0. The van der Waals surface area contributed by atoms with Crippen LogP contribution in [-0.4, -0.2) is 41.9 Å². The average Bonchev–Trinajstić information content (AvgIpc) is 2.59. The van der Waals surface area contributed by atoms with E-state index in [4.69, 9.17) is 5.73 Å². The molecule has 1 aliphatic heterocycles. The first-order chi connectivity index (χ1) is 13.1. The van der Waals surface area contributed by atoms with E-state index in [1.807, 2.05) is 18.7 Å². The Bertz CT molecular complexity index is 613. The Labute approximate surface area is 182 Å². The van der Waals surface area contributed by atoms with Gasteiger partial charge in [0.15, 0.2) is 0 Å². The van der Waals surface area contributed by atoms with Crippen molar-refractivity contribution < 1.29 is 9.59 Å². The minimum Gasteiger partial charge on any atom is -0.344 e. The molecule has 1 saturated heterocycles. The fourth-order valence-corrected chi connectivity index (χ4v) is 6.96. The maximum Gasteiger partial charge on any atom is 0.245 e. The Kier molecular flexibility index (Phi) is 6.33. The van der Waals surface area contributed by atoms with Crippen LogP contribution < -0.4 is 11.1 Å². The summed E-state index contributed by atoms with van der Waals surface area (Å²) in [6.07, 6.45) is 7.90. The molecular formula is C23H40ClN3O2. The minimum atomic E-state index is -0.425. The average molecular weight is 426 g/mol. The summed E-state index contributed by atoms with van der Waals surface area (Å²) in [6, 6.07) is -0.304. The van der Waals surface area contributed by atoms with E-state index < -0.39 is 6.04 Å². The van der Waals surface area contributed by atoms with Gasteiger partial charge in [-0.3, -0.25) is 9.59 Å². The molecule has 0 aromatic heterocycles. The summed E-state index contributed by atoms with van der Waals surface area (Å²) in [6.45, 7) is 9.72. The second-order valence-electron chi connectivity index (χ2n) is 11.5. The molecule has 6 heteroatoms. The van der Waals surface area contributed by atoms with Crippen LogP contribution in [-0.2, 0) is 9.59 Å². The van der Waals surface area contributed by atoms with Gasteiger partial charge >= 0.3 is 0 Å². The number of hydrogen-bond acceptors (Lipinski definition) is 3. The molecule has 5 rings (SSSR count). The minimum absolute atomic E-state index is 0. The van der Waals surface area contributed by atoms with Gasteiger partial charge in [-0.2, -0.15) is 0 Å². The van der Waals surface area contributed by atoms with E-state index in [0.29, 0.717) is 13.1 Å². The monoisotopic (exact) mass is 425 g/mol. The zero-order chi connectivity index (χ0) is 20.3. The number of hydrogen-bond donors (Lipinski definition) is 2. The second-order valence-corrected chi connectivity index (χ2v) is 11.5. The number of amides is 2. The topological polar surface area (TPSA) is 75.4 Å². The van der Waals surface area contributed by atoms with E-state index in [1.54, 1.807) is 0 Å². The van der Waals surface area contributed by atoms with Crippen molar-refractivity contribution in [3.8, 4) is 0 Å². The van der Waals surface area contributed by atoms with Crippen molar-refractivity contribution in [2.24, 2.45) is 40.2 Å². The van der Waals surface area contributed by atoms with Gasteiger partial charge in [0.2, 0.25) is 11.8 Å². The maximum absolute atomic E-state index is 13.5. The molecule has 5 aliphatic rings. The molecule has 0 radical (unpaired) electrons. The highest BCUT2D eigenvalue weighted by molar-refractivity contribution is 5.90. The second kappa shape index (κ2) is 8.03. The first kappa shape index (κ1) is 22.9. The molecule has 29 heavy (non-hydrogen) atoms. The van der Waals surface area contributed by atoms with Crippen molar-refractivity contribution in [2.75, 3.05) is 13.1 Å². The van der Waals surface area contributed by atoms with Gasteiger partial charge in [-0.25, -0.2) is 0 Å². The van der Waals surface area contributed by atoms with Gasteiger partial charge in [-0.15, -0.1) is 12.4 Å². The number of carbonyl (C=O) groups excluding carboxylic acids is 2. The first-order valence-corrected chi connectivity index (χ1v) is 11.4. The van der Waals surface area contributed by atoms with Crippen LogP contribution in [0.3, 0.4) is 0 Å². The molecule has 1 heterocycles. The molecule has 3 N–H and O–H groups in total. The summed E-state index contributed by atoms with van der Waals surface area (Å²) in [5.74, 6) is 2.52. The van der Waals surface area contributed by atoms with E-state index in [9.17, 15) is 9.59 Å². The van der Waals surface area contributed by atoms with Gasteiger partial charge in [-0.1, -0.05) is 27.7 Å². The number of halogens is 1. The molecule has 4 aliphatic carbocycles. The molecule has 2 atom stereocenters. The zero-order valence-electron chi connectivity index (χ0n) is 18.6. The maximum atomic E-state index is 13.5. The first-order valence-electron chi connectivity index (χ1n) is 11.4. The molecule has 166 valence electrons. The summed E-state index contributed by atoms with van der Waals surface area (Å²) >= 11 is 0. The Morgan fingerprint density at radius 1 is 1.03 bits per heavy atom. The number of nitrogens with two attached hydrogens (primary N) is 1. The molecule has 0 aromatic rings. The molecule has 2 amide bonds. The fraction of sp³-hybridized carbons (Fsp3) is 0.913. The Morgan fingerprint density at radius 2 is 1.55 bits per heavy atom. The molecule has 5 nitrogen and oxygen atoms in total. The van der Waals surface area contributed by atoms with E-state index in [2.05, 4.69) is 19.2 Å². The van der Waals surface area contributed by atoms with E-state index in [0.717, 1.165) is 43.4 Å². The summed E-state index contributed by atoms with van der Waals surface area (Å²) in [5.41, 5.74) is 5.97. The van der Waals surface area contributed by atoms with Gasteiger partial charge in [-0.05, 0) is 74.0 Å². The largest absolute Gasteiger partial charge is 0.344 e. The Hall–Kier alpha value is -0.810. The highest BCUT2D eigenvalue weighted by atomic mass is 35.5. The van der Waals surface area contributed by atoms with Crippen LogP contribution >= 0.6 is 12.4 Å². The number of carbonyl (C=O) groups is 2. The summed E-state index contributed by atoms with van der Waals surface area (Å²) in [5, 5.41) is 3.25. The normalized spacial score (nSPS) is 38.5. The number of rotatable bonds is 4. The van der Waals surface area contributed by atoms with Crippen molar-refractivity contribution >= 4 is 24.2 Å². The number of piperidine rings is 1. The van der Waals surface area contributed by atoms with Crippen LogP contribution in [0, 0.1) is 34.5 Å². The lowest BCUT2D eigenvalue weighted by atomic mass is 9.49. The van der Waals surface area contributed by atoms with E-state index >= 15 is 0 Å². The molecule has 2 unspecified atom stereocenters. The Balaban J connectivity index is 0.00000240. The third-order valence-corrected chi connectivity index (χ3v) is 8.36. The smallest absolute Gasteiger partial charge is 0.245 e. The predicted molar refractivity (Wildman–Crippen MR) is 118 cm³/mol. The standard InChI is InChI=1S/C23H39N3O2.ClH/c1-14(2)19(20(27)26-6-5-18(24)22(3,4)13-26)25-21(28)23-10-15-7-16(11-23)9-17(8-15)12-23;/h14-19H,5-13,24H2,1-4H3,(H,25,28);1H. The highest BCUT2D eigenvalue weighted by Gasteiger charge is 2.55. The summed E-state index contributed by atoms with van der Waals surface area (Å²) < 4.78 is 0. The van der Waals surface area contributed by atoms with Crippen LogP contribution in [0.1, 0.15) is 72.6 Å². The van der Waals surface area contributed by atoms with Crippen molar-refractivity contribution in [3.05, 3.63) is 0 Å². The lowest BCUT2D eigenvalue weighted by molar-refractivity contribution is -0.151. The number of nitrogens with one attached hydrogen (secondary N) is 1. The fourth-order valence-electron chi connectivity index (χ4n) is 6.96. The molecule has 5 fully saturated rings. The third kappa shape index (κ3) is 4.19. The molecule has 4 saturated carbocycles. The van der Waals surface area contributed by atoms with Crippen molar-refractivity contribution in [3.63, 3.8) is 0 Å². The van der Waals surface area contributed by atoms with E-state index in [-0.39, 0.29) is 47.0 Å². The molecule has 4 bridgehead atoms. The lowest BCUT2D eigenvalue weighted by Crippen LogP contribution is -2.61. The lowest BCUT2D eigenvalue weighted by Gasteiger charge is -2.56. The highest BCUT2D eigenvalue weighted by Crippen LogP contribution is 2.60. The summed E-state index contributed by atoms with van der Waals surface area (Å²) in [4.78, 5) is 28.8. The van der Waals surface area contributed by atoms with Crippen LogP contribution in [0.15, 0.2) is 0 Å².